The zero-order valence-electron chi connectivity index (χ0n) is 9.24. The van der Waals surface area contributed by atoms with E-state index in [2.05, 4.69) is 31.0 Å². The molecule has 0 aliphatic rings. The molecule has 0 fully saturated rings. The quantitative estimate of drug-likeness (QED) is 0.854. The molecule has 2 aromatic heterocycles. The summed E-state index contributed by atoms with van der Waals surface area (Å²) in [6.45, 7) is 0. The molecule has 0 aliphatic heterocycles. The summed E-state index contributed by atoms with van der Waals surface area (Å²) in [5, 5.41) is 3.74. The zero-order chi connectivity index (χ0) is 13.3. The van der Waals surface area contributed by atoms with Gasteiger partial charge < -0.3 is 0 Å². The second-order valence-electron chi connectivity index (χ2n) is 3.60. The fraction of sp³-hybridized carbons (Fsp3) is 0.300. The number of hydrogen-bond donors (Lipinski definition) is 0. The topological polar surface area (TPSA) is 43.6 Å². The van der Waals surface area contributed by atoms with Crippen molar-refractivity contribution in [2.75, 3.05) is 0 Å². The Morgan fingerprint density at radius 3 is 2.72 bits per heavy atom. The molecule has 0 amide bonds. The van der Waals surface area contributed by atoms with Crippen molar-refractivity contribution >= 4 is 15.9 Å². The molecule has 0 radical (unpaired) electrons. The third-order valence-corrected chi connectivity index (χ3v) is 2.78. The lowest BCUT2D eigenvalue weighted by Crippen LogP contribution is -2.12. The van der Waals surface area contributed by atoms with Gasteiger partial charge in [0, 0.05) is 17.7 Å². The lowest BCUT2D eigenvalue weighted by Gasteiger charge is -2.01. The number of alkyl halides is 3. The second-order valence-corrected chi connectivity index (χ2v) is 4.46. The summed E-state index contributed by atoms with van der Waals surface area (Å²) in [6, 6.07) is 3.45. The summed E-state index contributed by atoms with van der Waals surface area (Å²) in [4.78, 5) is 7.93. The standard InChI is InChI=1S/C10H8BrF3N4/c1-18-9(8-6(11)3-2-4-15-8)16-7(17-18)5-10(12,13)14/h2-4H,5H2,1H3. The Morgan fingerprint density at radius 2 is 2.11 bits per heavy atom. The molecule has 0 unspecified atom stereocenters. The molecule has 0 spiro atoms. The van der Waals surface area contributed by atoms with Crippen LogP contribution in [0.3, 0.4) is 0 Å². The highest BCUT2D eigenvalue weighted by molar-refractivity contribution is 9.10. The molecular formula is C10H8BrF3N4. The molecule has 0 atom stereocenters. The van der Waals surface area contributed by atoms with Gasteiger partial charge in [-0.05, 0) is 28.1 Å². The third-order valence-electron chi connectivity index (χ3n) is 2.14. The fourth-order valence-electron chi connectivity index (χ4n) is 1.45. The number of rotatable bonds is 2. The van der Waals surface area contributed by atoms with Gasteiger partial charge in [0.2, 0.25) is 0 Å². The van der Waals surface area contributed by atoms with Crippen LogP contribution in [-0.2, 0) is 13.5 Å². The van der Waals surface area contributed by atoms with Crippen LogP contribution in [0, 0.1) is 0 Å². The van der Waals surface area contributed by atoms with Crippen LogP contribution in [0.15, 0.2) is 22.8 Å². The SMILES string of the molecule is Cn1nc(CC(F)(F)F)nc1-c1ncccc1Br. The van der Waals surface area contributed by atoms with E-state index in [-0.39, 0.29) is 5.82 Å². The van der Waals surface area contributed by atoms with Gasteiger partial charge in [-0.1, -0.05) is 0 Å². The van der Waals surface area contributed by atoms with Crippen LogP contribution in [0.5, 0.6) is 0 Å². The van der Waals surface area contributed by atoms with Gasteiger partial charge in [0.25, 0.3) is 0 Å². The summed E-state index contributed by atoms with van der Waals surface area (Å²) in [6.07, 6.45) is -3.93. The normalized spacial score (nSPS) is 11.8. The molecule has 2 aromatic rings. The number of aryl methyl sites for hydroxylation is 1. The predicted molar refractivity (Wildman–Crippen MR) is 61.7 cm³/mol. The summed E-state index contributed by atoms with van der Waals surface area (Å²) in [5.41, 5.74) is 0.459. The van der Waals surface area contributed by atoms with Crippen LogP contribution in [0.4, 0.5) is 13.2 Å². The number of aromatic nitrogens is 4. The van der Waals surface area contributed by atoms with Gasteiger partial charge in [0.15, 0.2) is 11.6 Å². The van der Waals surface area contributed by atoms with Crippen LogP contribution in [-0.4, -0.2) is 25.9 Å². The van der Waals surface area contributed by atoms with Crippen LogP contribution in [0.2, 0.25) is 0 Å². The first-order chi connectivity index (χ1) is 8.37. The molecule has 2 heterocycles. The Balaban J connectivity index is 2.39. The Morgan fingerprint density at radius 1 is 1.39 bits per heavy atom. The van der Waals surface area contributed by atoms with Crippen molar-refractivity contribution in [1.29, 1.82) is 0 Å². The Kier molecular flexibility index (Phi) is 3.38. The average molecular weight is 321 g/mol. The van der Waals surface area contributed by atoms with Crippen molar-refractivity contribution in [1.82, 2.24) is 19.7 Å². The number of nitrogens with zero attached hydrogens (tertiary/aromatic N) is 4. The Hall–Kier alpha value is -1.44. The highest BCUT2D eigenvalue weighted by atomic mass is 79.9. The van der Waals surface area contributed by atoms with E-state index < -0.39 is 12.6 Å². The first kappa shape index (κ1) is 13.0. The first-order valence-electron chi connectivity index (χ1n) is 4.94. The van der Waals surface area contributed by atoms with Crippen molar-refractivity contribution < 1.29 is 13.2 Å². The molecule has 2 rings (SSSR count). The molecule has 18 heavy (non-hydrogen) atoms. The van der Waals surface area contributed by atoms with Crippen molar-refractivity contribution in [3.63, 3.8) is 0 Å². The maximum absolute atomic E-state index is 12.2. The van der Waals surface area contributed by atoms with E-state index in [1.807, 2.05) is 0 Å². The highest BCUT2D eigenvalue weighted by Crippen LogP contribution is 2.25. The van der Waals surface area contributed by atoms with E-state index in [0.29, 0.717) is 16.0 Å². The first-order valence-corrected chi connectivity index (χ1v) is 5.73. The summed E-state index contributed by atoms with van der Waals surface area (Å²) >= 11 is 3.27. The molecule has 96 valence electrons. The Labute approximate surface area is 109 Å². The van der Waals surface area contributed by atoms with Gasteiger partial charge >= 0.3 is 6.18 Å². The largest absolute Gasteiger partial charge is 0.396 e. The molecule has 0 bridgehead atoms. The van der Waals surface area contributed by atoms with Gasteiger partial charge in [-0.15, -0.1) is 0 Å². The number of halogens is 4. The maximum Gasteiger partial charge on any atom is 0.396 e. The van der Waals surface area contributed by atoms with Crippen LogP contribution in [0.1, 0.15) is 5.82 Å². The lowest BCUT2D eigenvalue weighted by atomic mass is 10.3. The van der Waals surface area contributed by atoms with Crippen molar-refractivity contribution in [3.8, 4) is 11.5 Å². The smallest absolute Gasteiger partial charge is 0.252 e. The van der Waals surface area contributed by atoms with E-state index in [4.69, 9.17) is 0 Å². The molecular weight excluding hydrogens is 313 g/mol. The molecule has 0 aromatic carbocycles. The van der Waals surface area contributed by atoms with E-state index >= 15 is 0 Å². The average Bonchev–Trinajstić information content (AvgIpc) is 2.57. The maximum atomic E-state index is 12.2. The van der Waals surface area contributed by atoms with Gasteiger partial charge in [0.1, 0.15) is 12.1 Å². The molecule has 0 aliphatic carbocycles. The van der Waals surface area contributed by atoms with E-state index in [9.17, 15) is 13.2 Å². The van der Waals surface area contributed by atoms with Crippen LogP contribution >= 0.6 is 15.9 Å². The van der Waals surface area contributed by atoms with Crippen molar-refractivity contribution in [2.45, 2.75) is 12.6 Å². The van der Waals surface area contributed by atoms with Gasteiger partial charge in [-0.25, -0.2) is 9.67 Å². The molecule has 0 saturated carbocycles. The minimum atomic E-state index is -4.32. The van der Waals surface area contributed by atoms with E-state index in [1.54, 1.807) is 12.1 Å². The molecule has 0 N–H and O–H groups in total. The van der Waals surface area contributed by atoms with Crippen molar-refractivity contribution in [2.24, 2.45) is 7.05 Å². The third kappa shape index (κ3) is 2.87. The fourth-order valence-corrected chi connectivity index (χ4v) is 1.88. The summed E-state index contributed by atoms with van der Waals surface area (Å²) < 4.78 is 38.7. The summed E-state index contributed by atoms with van der Waals surface area (Å²) in [5.74, 6) is 0.0271. The van der Waals surface area contributed by atoms with Crippen LogP contribution < -0.4 is 0 Å². The number of pyridine rings is 1. The zero-order valence-corrected chi connectivity index (χ0v) is 10.8. The highest BCUT2D eigenvalue weighted by Gasteiger charge is 2.30. The Bertz CT molecular complexity index is 564. The summed E-state index contributed by atoms with van der Waals surface area (Å²) in [7, 11) is 1.53. The predicted octanol–water partition coefficient (Wildman–Crippen LogP) is 2.74. The van der Waals surface area contributed by atoms with E-state index in [0.717, 1.165) is 0 Å². The monoisotopic (exact) mass is 320 g/mol. The number of hydrogen-bond acceptors (Lipinski definition) is 3. The minimum Gasteiger partial charge on any atom is -0.252 e. The second kappa shape index (κ2) is 4.68. The molecule has 0 saturated heterocycles. The van der Waals surface area contributed by atoms with Crippen LogP contribution in [0.25, 0.3) is 11.5 Å². The minimum absolute atomic E-state index is 0.266. The molecule has 4 nitrogen and oxygen atoms in total. The van der Waals surface area contributed by atoms with Crippen molar-refractivity contribution in [3.05, 3.63) is 28.6 Å². The lowest BCUT2D eigenvalue weighted by molar-refractivity contribution is -0.128. The van der Waals surface area contributed by atoms with E-state index in [1.165, 1.54) is 17.9 Å². The van der Waals surface area contributed by atoms with Gasteiger partial charge in [0.05, 0.1) is 0 Å². The van der Waals surface area contributed by atoms with Gasteiger partial charge in [-0.3, -0.25) is 4.98 Å². The molecule has 8 heteroatoms. The van der Waals surface area contributed by atoms with Gasteiger partial charge in [-0.2, -0.15) is 18.3 Å².